The summed E-state index contributed by atoms with van der Waals surface area (Å²) in [5, 5.41) is 9.57. The molecule has 0 fully saturated rings. The van der Waals surface area contributed by atoms with Crippen LogP contribution in [0.2, 0.25) is 0 Å². The fourth-order valence-electron chi connectivity index (χ4n) is 2.10. The summed E-state index contributed by atoms with van der Waals surface area (Å²) in [6.07, 6.45) is 1.29. The largest absolute Gasteiger partial charge is 0.490 e. The van der Waals surface area contributed by atoms with Crippen molar-refractivity contribution in [3.63, 3.8) is 0 Å². The molecule has 0 aliphatic rings. The highest BCUT2D eigenvalue weighted by Gasteiger charge is 2.11. The quantitative estimate of drug-likeness (QED) is 0.261. The molecular weight excluding hydrogens is 320 g/mol. The van der Waals surface area contributed by atoms with Gasteiger partial charge in [0.25, 0.3) is 0 Å². The van der Waals surface area contributed by atoms with Gasteiger partial charge in [-0.05, 0) is 48.4 Å². The van der Waals surface area contributed by atoms with Gasteiger partial charge in [0.1, 0.15) is 5.75 Å². The molecule has 5 heteroatoms. The lowest BCUT2D eigenvalue weighted by molar-refractivity contribution is -0.128. The van der Waals surface area contributed by atoms with E-state index in [2.05, 4.69) is 13.2 Å². The van der Waals surface area contributed by atoms with Crippen LogP contribution in [-0.2, 0) is 4.79 Å². The van der Waals surface area contributed by atoms with Gasteiger partial charge in [0.15, 0.2) is 11.5 Å². The van der Waals surface area contributed by atoms with Gasteiger partial charge < -0.3 is 19.3 Å². The summed E-state index contributed by atoms with van der Waals surface area (Å²) in [6, 6.07) is 12.4. The lowest BCUT2D eigenvalue weighted by atomic mass is 10.0. The second kappa shape index (κ2) is 8.70. The number of benzene rings is 2. The Morgan fingerprint density at radius 2 is 1.80 bits per heavy atom. The number of aliphatic hydroxyl groups excluding tert-OH is 1. The van der Waals surface area contributed by atoms with Crippen LogP contribution >= 0.6 is 0 Å². The van der Waals surface area contributed by atoms with Crippen molar-refractivity contribution in [3.8, 4) is 28.4 Å². The van der Waals surface area contributed by atoms with E-state index in [0.29, 0.717) is 23.9 Å². The number of ether oxygens (including phenoxy) is 3. The van der Waals surface area contributed by atoms with Crippen LogP contribution in [-0.4, -0.2) is 24.0 Å². The Balaban J connectivity index is 2.26. The molecule has 2 rings (SSSR count). The molecule has 0 aliphatic heterocycles. The van der Waals surface area contributed by atoms with Gasteiger partial charge >= 0.3 is 5.97 Å². The third kappa shape index (κ3) is 4.96. The summed E-state index contributed by atoms with van der Waals surface area (Å²) in [5.74, 6) is 0.874. The summed E-state index contributed by atoms with van der Waals surface area (Å²) in [7, 11) is 0. The molecule has 5 nitrogen and oxygen atoms in total. The lowest BCUT2D eigenvalue weighted by Gasteiger charge is -2.15. The van der Waals surface area contributed by atoms with Gasteiger partial charge in [-0.1, -0.05) is 31.4 Å². The molecule has 0 bridgehead atoms. The second-order valence-corrected chi connectivity index (χ2v) is 4.99. The van der Waals surface area contributed by atoms with Crippen LogP contribution in [0.3, 0.4) is 0 Å². The van der Waals surface area contributed by atoms with Crippen LogP contribution in [0, 0.1) is 0 Å². The molecule has 0 aliphatic carbocycles. The molecule has 130 valence electrons. The van der Waals surface area contributed by atoms with Crippen molar-refractivity contribution in [2.75, 3.05) is 6.61 Å². The number of hydrogen-bond acceptors (Lipinski definition) is 5. The average molecular weight is 340 g/mol. The zero-order chi connectivity index (χ0) is 18.2. The highest BCUT2D eigenvalue weighted by atomic mass is 16.6. The van der Waals surface area contributed by atoms with E-state index in [9.17, 15) is 9.90 Å². The summed E-state index contributed by atoms with van der Waals surface area (Å²) in [5.41, 5.74) is 1.81. The first kappa shape index (κ1) is 18.3. The fraction of sp³-hybridized carbons (Fsp3) is 0.150. The first-order valence-corrected chi connectivity index (χ1v) is 7.76. The van der Waals surface area contributed by atoms with Crippen molar-refractivity contribution in [1.29, 1.82) is 0 Å². The predicted molar refractivity (Wildman–Crippen MR) is 95.7 cm³/mol. The van der Waals surface area contributed by atoms with E-state index >= 15 is 0 Å². The van der Waals surface area contributed by atoms with Gasteiger partial charge in [-0.15, -0.1) is 0 Å². The number of carbonyl (C=O) groups excluding carboxylic acids is 1. The fourth-order valence-corrected chi connectivity index (χ4v) is 2.10. The standard InChI is InChI=1S/C20H20O5/c1-4-19(21)24-16-10-7-14(8-11-16)15-9-12-17(25-20(22)5-2)18(13-15)23-6-3/h4-5,7-13,20,22H,1-2,6H2,3H3. The third-order valence-electron chi connectivity index (χ3n) is 3.27. The Morgan fingerprint density at radius 3 is 2.40 bits per heavy atom. The minimum Gasteiger partial charge on any atom is -0.490 e. The van der Waals surface area contributed by atoms with Crippen molar-refractivity contribution < 1.29 is 24.1 Å². The van der Waals surface area contributed by atoms with Crippen molar-refractivity contribution in [2.45, 2.75) is 13.2 Å². The summed E-state index contributed by atoms with van der Waals surface area (Å²) < 4.78 is 16.0. The Hall–Kier alpha value is -3.05. The van der Waals surface area contributed by atoms with E-state index in [1.807, 2.05) is 31.2 Å². The van der Waals surface area contributed by atoms with Gasteiger partial charge in [-0.2, -0.15) is 0 Å². The van der Waals surface area contributed by atoms with Crippen molar-refractivity contribution in [2.24, 2.45) is 0 Å². The molecule has 25 heavy (non-hydrogen) atoms. The molecular formula is C20H20O5. The average Bonchev–Trinajstić information content (AvgIpc) is 2.63. The molecule has 0 radical (unpaired) electrons. The van der Waals surface area contributed by atoms with Crippen molar-refractivity contribution >= 4 is 5.97 Å². The van der Waals surface area contributed by atoms with Crippen molar-refractivity contribution in [1.82, 2.24) is 0 Å². The molecule has 0 aromatic heterocycles. The summed E-state index contributed by atoms with van der Waals surface area (Å²) >= 11 is 0. The molecule has 0 saturated carbocycles. The van der Waals surface area contributed by atoms with E-state index in [0.717, 1.165) is 17.2 Å². The van der Waals surface area contributed by atoms with Gasteiger partial charge in [0, 0.05) is 6.08 Å². The van der Waals surface area contributed by atoms with Crippen LogP contribution in [0.1, 0.15) is 6.92 Å². The normalized spacial score (nSPS) is 11.3. The Morgan fingerprint density at radius 1 is 1.12 bits per heavy atom. The maximum atomic E-state index is 11.2. The highest BCUT2D eigenvalue weighted by molar-refractivity contribution is 5.83. The molecule has 0 heterocycles. The SMILES string of the molecule is C=CC(=O)Oc1ccc(-c2ccc(OC(O)C=C)c(OCC)c2)cc1. The summed E-state index contributed by atoms with van der Waals surface area (Å²) in [6.45, 7) is 9.16. The molecule has 0 spiro atoms. The van der Waals surface area contributed by atoms with Crippen molar-refractivity contribution in [3.05, 3.63) is 67.8 Å². The van der Waals surface area contributed by atoms with Crippen LogP contribution in [0.15, 0.2) is 67.8 Å². The highest BCUT2D eigenvalue weighted by Crippen LogP contribution is 2.34. The second-order valence-electron chi connectivity index (χ2n) is 4.99. The zero-order valence-corrected chi connectivity index (χ0v) is 14.0. The molecule has 0 saturated heterocycles. The zero-order valence-electron chi connectivity index (χ0n) is 14.0. The number of carbonyl (C=O) groups is 1. The summed E-state index contributed by atoms with van der Waals surface area (Å²) in [4.78, 5) is 11.2. The van der Waals surface area contributed by atoms with Gasteiger partial charge in [0.2, 0.25) is 6.29 Å². The minimum absolute atomic E-state index is 0.425. The minimum atomic E-state index is -1.11. The molecule has 2 aromatic carbocycles. The molecule has 2 aromatic rings. The predicted octanol–water partition coefficient (Wildman–Crippen LogP) is 3.73. The monoisotopic (exact) mass is 340 g/mol. The Labute approximate surface area is 146 Å². The number of hydrogen-bond donors (Lipinski definition) is 1. The van der Waals surface area contributed by atoms with E-state index in [1.165, 1.54) is 6.08 Å². The molecule has 1 unspecified atom stereocenters. The topological polar surface area (TPSA) is 65.0 Å². The van der Waals surface area contributed by atoms with Gasteiger partial charge in [0.05, 0.1) is 6.61 Å². The van der Waals surface area contributed by atoms with Crippen LogP contribution in [0.4, 0.5) is 0 Å². The Kier molecular flexibility index (Phi) is 6.37. The van der Waals surface area contributed by atoms with Gasteiger partial charge in [-0.25, -0.2) is 4.79 Å². The first-order chi connectivity index (χ1) is 12.1. The van der Waals surface area contributed by atoms with Crippen LogP contribution in [0.5, 0.6) is 17.2 Å². The maximum Gasteiger partial charge on any atom is 0.335 e. The van der Waals surface area contributed by atoms with E-state index < -0.39 is 12.3 Å². The molecule has 1 atom stereocenters. The molecule has 1 N–H and O–H groups in total. The van der Waals surface area contributed by atoms with E-state index in [4.69, 9.17) is 14.2 Å². The number of esters is 1. The number of aliphatic hydroxyl groups is 1. The maximum absolute atomic E-state index is 11.2. The smallest absolute Gasteiger partial charge is 0.335 e. The van der Waals surface area contributed by atoms with Crippen LogP contribution in [0.25, 0.3) is 11.1 Å². The van der Waals surface area contributed by atoms with E-state index in [-0.39, 0.29) is 0 Å². The Bertz CT molecular complexity index is 749. The van der Waals surface area contributed by atoms with E-state index in [1.54, 1.807) is 18.2 Å². The van der Waals surface area contributed by atoms with Gasteiger partial charge in [-0.3, -0.25) is 0 Å². The molecule has 0 amide bonds. The lowest BCUT2D eigenvalue weighted by Crippen LogP contribution is -2.12. The third-order valence-corrected chi connectivity index (χ3v) is 3.27. The number of rotatable bonds is 8. The first-order valence-electron chi connectivity index (χ1n) is 7.76. The van der Waals surface area contributed by atoms with Crippen LogP contribution < -0.4 is 14.2 Å².